The van der Waals surface area contributed by atoms with Crippen molar-refractivity contribution in [3.63, 3.8) is 0 Å². The minimum absolute atomic E-state index is 0.591. The molecular formula is C12H19NO2. The molecule has 0 saturated heterocycles. The third kappa shape index (κ3) is 3.44. The maximum absolute atomic E-state index is 5.62. The van der Waals surface area contributed by atoms with Crippen molar-refractivity contribution in [2.75, 3.05) is 39.3 Å². The van der Waals surface area contributed by atoms with E-state index in [0.29, 0.717) is 13.2 Å². The average Bonchev–Trinajstić information content (AvgIpc) is 2.20. The summed E-state index contributed by atoms with van der Waals surface area (Å²) in [6, 6.07) is 6.20. The van der Waals surface area contributed by atoms with E-state index in [1.165, 1.54) is 0 Å². The summed E-state index contributed by atoms with van der Waals surface area (Å²) in [5.41, 5.74) is 2.30. The van der Waals surface area contributed by atoms with Gasteiger partial charge in [0.2, 0.25) is 0 Å². The highest BCUT2D eigenvalue weighted by Crippen LogP contribution is 2.23. The number of hydrogen-bond acceptors (Lipinski definition) is 3. The number of rotatable bonds is 5. The fourth-order valence-corrected chi connectivity index (χ4v) is 1.26. The highest BCUT2D eigenvalue weighted by atomic mass is 16.5. The van der Waals surface area contributed by atoms with Crippen LogP contribution >= 0.6 is 0 Å². The second kappa shape index (κ2) is 5.61. The van der Waals surface area contributed by atoms with E-state index in [-0.39, 0.29) is 0 Å². The predicted molar refractivity (Wildman–Crippen MR) is 62.9 cm³/mol. The molecule has 0 radical (unpaired) electrons. The second-order valence-corrected chi connectivity index (χ2v) is 3.69. The van der Waals surface area contributed by atoms with Gasteiger partial charge in [-0.25, -0.2) is 0 Å². The molecule has 0 saturated carbocycles. The van der Waals surface area contributed by atoms with Gasteiger partial charge in [0.25, 0.3) is 0 Å². The lowest BCUT2D eigenvalue weighted by Gasteiger charge is -2.15. The highest BCUT2D eigenvalue weighted by molar-refractivity contribution is 5.52. The summed E-state index contributed by atoms with van der Waals surface area (Å²) in [6.07, 6.45) is 0. The molecule has 0 aliphatic heterocycles. The number of methoxy groups -OCH3 is 1. The van der Waals surface area contributed by atoms with Crippen LogP contribution in [0.4, 0.5) is 5.69 Å². The maximum atomic E-state index is 5.62. The Bertz CT molecular complexity index is 310. The van der Waals surface area contributed by atoms with Crippen molar-refractivity contribution in [1.82, 2.24) is 0 Å². The maximum Gasteiger partial charge on any atom is 0.124 e. The number of ether oxygens (including phenoxy) is 2. The van der Waals surface area contributed by atoms with Crippen molar-refractivity contribution < 1.29 is 9.47 Å². The van der Waals surface area contributed by atoms with E-state index in [1.807, 2.05) is 27.1 Å². The van der Waals surface area contributed by atoms with Crippen molar-refractivity contribution in [2.45, 2.75) is 6.92 Å². The monoisotopic (exact) mass is 209 g/mol. The Morgan fingerprint density at radius 3 is 2.53 bits per heavy atom. The predicted octanol–water partition coefficient (Wildman–Crippen LogP) is 2.09. The third-order valence-electron chi connectivity index (χ3n) is 2.23. The smallest absolute Gasteiger partial charge is 0.124 e. The molecule has 0 fully saturated rings. The van der Waals surface area contributed by atoms with Gasteiger partial charge in [-0.15, -0.1) is 0 Å². The first-order valence-corrected chi connectivity index (χ1v) is 5.05. The number of hydrogen-bond donors (Lipinski definition) is 0. The Morgan fingerprint density at radius 2 is 1.93 bits per heavy atom. The first-order chi connectivity index (χ1) is 7.15. The molecule has 15 heavy (non-hydrogen) atoms. The van der Waals surface area contributed by atoms with Crippen LogP contribution < -0.4 is 9.64 Å². The van der Waals surface area contributed by atoms with Gasteiger partial charge in [0.05, 0.1) is 6.61 Å². The molecule has 0 aromatic heterocycles. The standard InChI is InChI=1S/C12H19NO2/c1-10-5-6-11(13(2)3)9-12(10)15-8-7-14-4/h5-6,9H,7-8H2,1-4H3. The average molecular weight is 209 g/mol. The van der Waals surface area contributed by atoms with Gasteiger partial charge in [-0.1, -0.05) is 6.07 Å². The fourth-order valence-electron chi connectivity index (χ4n) is 1.26. The van der Waals surface area contributed by atoms with E-state index in [1.54, 1.807) is 7.11 Å². The number of benzene rings is 1. The second-order valence-electron chi connectivity index (χ2n) is 3.69. The molecule has 0 aliphatic carbocycles. The van der Waals surface area contributed by atoms with Gasteiger partial charge in [0, 0.05) is 33.0 Å². The summed E-state index contributed by atoms with van der Waals surface area (Å²) in [4.78, 5) is 2.06. The third-order valence-corrected chi connectivity index (χ3v) is 2.23. The molecule has 0 amide bonds. The largest absolute Gasteiger partial charge is 0.491 e. The fraction of sp³-hybridized carbons (Fsp3) is 0.500. The zero-order valence-corrected chi connectivity index (χ0v) is 9.91. The summed E-state index contributed by atoms with van der Waals surface area (Å²) < 4.78 is 10.6. The first kappa shape index (κ1) is 11.9. The Labute approximate surface area is 91.6 Å². The highest BCUT2D eigenvalue weighted by Gasteiger charge is 2.02. The van der Waals surface area contributed by atoms with Crippen LogP contribution in [0.2, 0.25) is 0 Å². The Hall–Kier alpha value is -1.22. The normalized spacial score (nSPS) is 10.1. The molecule has 0 bridgehead atoms. The van der Waals surface area contributed by atoms with Crippen molar-refractivity contribution >= 4 is 5.69 Å². The van der Waals surface area contributed by atoms with Gasteiger partial charge >= 0.3 is 0 Å². The lowest BCUT2D eigenvalue weighted by molar-refractivity contribution is 0.146. The van der Waals surface area contributed by atoms with Crippen molar-refractivity contribution in [2.24, 2.45) is 0 Å². The van der Waals surface area contributed by atoms with Gasteiger partial charge in [0.15, 0.2) is 0 Å². The minimum Gasteiger partial charge on any atom is -0.491 e. The zero-order valence-electron chi connectivity index (χ0n) is 9.91. The number of aryl methyl sites for hydroxylation is 1. The SMILES string of the molecule is COCCOc1cc(N(C)C)ccc1C. The van der Waals surface area contributed by atoms with Crippen LogP contribution in [0.3, 0.4) is 0 Å². The van der Waals surface area contributed by atoms with Crippen molar-refractivity contribution in [1.29, 1.82) is 0 Å². The molecule has 0 N–H and O–H groups in total. The van der Waals surface area contributed by atoms with E-state index in [0.717, 1.165) is 17.0 Å². The van der Waals surface area contributed by atoms with Crippen LogP contribution in [-0.2, 0) is 4.74 Å². The molecule has 0 spiro atoms. The van der Waals surface area contributed by atoms with Gasteiger partial charge in [-0.2, -0.15) is 0 Å². The molecule has 3 nitrogen and oxygen atoms in total. The topological polar surface area (TPSA) is 21.7 Å². The van der Waals surface area contributed by atoms with Crippen LogP contribution in [-0.4, -0.2) is 34.4 Å². The lowest BCUT2D eigenvalue weighted by atomic mass is 10.2. The number of anilines is 1. The Kier molecular flexibility index (Phi) is 4.43. The van der Waals surface area contributed by atoms with Gasteiger partial charge in [-0.3, -0.25) is 0 Å². The molecule has 3 heteroatoms. The summed E-state index contributed by atoms with van der Waals surface area (Å²) in [5.74, 6) is 0.929. The Morgan fingerprint density at radius 1 is 1.20 bits per heavy atom. The molecule has 0 heterocycles. The van der Waals surface area contributed by atoms with E-state index >= 15 is 0 Å². The van der Waals surface area contributed by atoms with Gasteiger partial charge in [-0.05, 0) is 18.6 Å². The summed E-state index contributed by atoms with van der Waals surface area (Å²) in [7, 11) is 5.71. The molecule has 1 aromatic carbocycles. The molecule has 1 aromatic rings. The minimum atomic E-state index is 0.591. The van der Waals surface area contributed by atoms with E-state index in [9.17, 15) is 0 Å². The van der Waals surface area contributed by atoms with Crippen LogP contribution in [0.15, 0.2) is 18.2 Å². The van der Waals surface area contributed by atoms with Crippen LogP contribution in [0.1, 0.15) is 5.56 Å². The Balaban J connectivity index is 2.72. The van der Waals surface area contributed by atoms with Gasteiger partial charge in [0.1, 0.15) is 12.4 Å². The molecule has 0 unspecified atom stereocenters. The van der Waals surface area contributed by atoms with E-state index in [2.05, 4.69) is 17.0 Å². The summed E-state index contributed by atoms with van der Waals surface area (Å²) in [5, 5.41) is 0. The first-order valence-electron chi connectivity index (χ1n) is 5.05. The molecule has 0 atom stereocenters. The van der Waals surface area contributed by atoms with Crippen LogP contribution in [0.25, 0.3) is 0 Å². The molecular weight excluding hydrogens is 190 g/mol. The molecule has 0 aliphatic rings. The quantitative estimate of drug-likeness (QED) is 0.693. The summed E-state index contributed by atoms with van der Waals surface area (Å²) >= 11 is 0. The van der Waals surface area contributed by atoms with Crippen LogP contribution in [0.5, 0.6) is 5.75 Å². The number of nitrogens with zero attached hydrogens (tertiary/aromatic N) is 1. The zero-order chi connectivity index (χ0) is 11.3. The van der Waals surface area contributed by atoms with Crippen LogP contribution in [0, 0.1) is 6.92 Å². The van der Waals surface area contributed by atoms with Crippen molar-refractivity contribution in [3.05, 3.63) is 23.8 Å². The van der Waals surface area contributed by atoms with E-state index in [4.69, 9.17) is 9.47 Å². The lowest BCUT2D eigenvalue weighted by Crippen LogP contribution is -2.10. The summed E-state index contributed by atoms with van der Waals surface area (Å²) in [6.45, 7) is 3.25. The van der Waals surface area contributed by atoms with E-state index < -0.39 is 0 Å². The molecule has 84 valence electrons. The van der Waals surface area contributed by atoms with Crippen molar-refractivity contribution in [3.8, 4) is 5.75 Å². The molecule has 1 rings (SSSR count). The van der Waals surface area contributed by atoms with Gasteiger partial charge < -0.3 is 14.4 Å².